The van der Waals surface area contributed by atoms with Gasteiger partial charge < -0.3 is 8.85 Å². The first kappa shape index (κ1) is 18.8. The van der Waals surface area contributed by atoms with Crippen LogP contribution in [0, 0.1) is 29.1 Å². The largest absolute Gasteiger partial charge is 0.497 e. The fraction of sp³-hybridized carbons (Fsp3) is 0.455. The van der Waals surface area contributed by atoms with Crippen LogP contribution in [-0.4, -0.2) is 27.6 Å². The molecule has 0 fully saturated rings. The Morgan fingerprint density at radius 2 is 1.05 bits per heavy atom. The first-order valence-electron chi connectivity index (χ1n) is 5.91. The smallest absolute Gasteiger partial charge is 0.386 e. The van der Waals surface area contributed by atoms with Gasteiger partial charge in [-0.05, 0) is 13.8 Å². The zero-order valence-corrected chi connectivity index (χ0v) is 12.3. The maximum Gasteiger partial charge on any atom is 0.497 e. The SMILES string of the molecule is CCO[Si](OCC)(c1c(F)c(F)c(F)c(F)c1F)C(F)(F)F. The van der Waals surface area contributed by atoms with Gasteiger partial charge in [-0.15, -0.1) is 0 Å². The fourth-order valence-corrected chi connectivity index (χ4v) is 4.39. The van der Waals surface area contributed by atoms with Crippen molar-refractivity contribution in [1.29, 1.82) is 0 Å². The molecule has 1 aromatic rings. The highest BCUT2D eigenvalue weighted by molar-refractivity contribution is 6.83. The van der Waals surface area contributed by atoms with E-state index in [0.29, 0.717) is 0 Å². The molecule has 0 bridgehead atoms. The van der Waals surface area contributed by atoms with E-state index in [1.54, 1.807) is 0 Å². The molecule has 0 heterocycles. The van der Waals surface area contributed by atoms with Gasteiger partial charge in [0.1, 0.15) is 0 Å². The van der Waals surface area contributed by atoms with Gasteiger partial charge in [0.2, 0.25) is 5.82 Å². The highest BCUT2D eigenvalue weighted by Crippen LogP contribution is 2.33. The third-order valence-electron chi connectivity index (χ3n) is 2.61. The van der Waals surface area contributed by atoms with Gasteiger partial charge in [-0.2, -0.15) is 13.2 Å². The lowest BCUT2D eigenvalue weighted by atomic mass is 10.3. The average Bonchev–Trinajstić information content (AvgIpc) is 2.42. The first-order valence-corrected chi connectivity index (χ1v) is 7.73. The molecule has 0 aliphatic heterocycles. The number of benzene rings is 1. The normalized spacial score (nSPS) is 12.8. The number of hydrogen-bond donors (Lipinski definition) is 0. The summed E-state index contributed by atoms with van der Waals surface area (Å²) in [5, 5.41) is -2.10. The molecule has 0 aliphatic carbocycles. The molecule has 11 heteroatoms. The Morgan fingerprint density at radius 1 is 0.727 bits per heavy atom. The number of alkyl halides is 3. The summed E-state index contributed by atoms with van der Waals surface area (Å²) in [6, 6.07) is 0. The Kier molecular flexibility index (Phi) is 5.57. The van der Waals surface area contributed by atoms with Crippen molar-refractivity contribution in [2.75, 3.05) is 13.2 Å². The molecule has 0 amide bonds. The van der Waals surface area contributed by atoms with E-state index in [1.165, 1.54) is 0 Å². The van der Waals surface area contributed by atoms with Crippen molar-refractivity contribution in [2.45, 2.75) is 19.6 Å². The maximum absolute atomic E-state index is 13.7. The molecule has 0 aromatic heterocycles. The van der Waals surface area contributed by atoms with Gasteiger partial charge in [-0.3, -0.25) is 0 Å². The van der Waals surface area contributed by atoms with Crippen LogP contribution in [0.25, 0.3) is 0 Å². The number of rotatable bonds is 5. The summed E-state index contributed by atoms with van der Waals surface area (Å²) in [5.74, 6) is -18.2. The van der Waals surface area contributed by atoms with Crippen LogP contribution in [0.5, 0.6) is 0 Å². The number of hydrogen-bond acceptors (Lipinski definition) is 2. The maximum atomic E-state index is 13.7. The fourth-order valence-electron chi connectivity index (χ4n) is 1.79. The summed E-state index contributed by atoms with van der Waals surface area (Å²) in [5.41, 5.74) is 0. The summed E-state index contributed by atoms with van der Waals surface area (Å²) < 4.78 is 115. The molecule has 0 saturated carbocycles. The van der Waals surface area contributed by atoms with E-state index in [0.717, 1.165) is 13.8 Å². The third kappa shape index (κ3) is 2.84. The molecule has 0 radical (unpaired) electrons. The van der Waals surface area contributed by atoms with E-state index in [2.05, 4.69) is 8.85 Å². The standard InChI is InChI=1S/C11H10F8O2Si/c1-3-20-22(21-4-2,11(17,18)19)10-8(15)6(13)5(12)7(14)9(10)16/h3-4H2,1-2H3. The Morgan fingerprint density at radius 3 is 1.32 bits per heavy atom. The van der Waals surface area contributed by atoms with E-state index in [9.17, 15) is 35.1 Å². The topological polar surface area (TPSA) is 18.5 Å². The minimum atomic E-state index is -5.94. The number of halogens is 8. The molecular weight excluding hydrogens is 344 g/mol. The zero-order chi connectivity index (χ0) is 17.3. The van der Waals surface area contributed by atoms with Crippen molar-refractivity contribution in [3.05, 3.63) is 29.1 Å². The van der Waals surface area contributed by atoms with Crippen molar-refractivity contribution in [3.63, 3.8) is 0 Å². The van der Waals surface area contributed by atoms with E-state index in [1.807, 2.05) is 0 Å². The van der Waals surface area contributed by atoms with Gasteiger partial charge in [-0.25, -0.2) is 22.0 Å². The highest BCUT2D eigenvalue weighted by atomic mass is 28.4. The zero-order valence-electron chi connectivity index (χ0n) is 11.3. The molecule has 22 heavy (non-hydrogen) atoms. The molecule has 0 spiro atoms. The Hall–Kier alpha value is -1.20. The molecule has 0 atom stereocenters. The van der Waals surface area contributed by atoms with Gasteiger partial charge in [0.05, 0.1) is 5.19 Å². The van der Waals surface area contributed by atoms with Crippen molar-refractivity contribution >= 4 is 13.7 Å². The molecule has 0 aliphatic rings. The van der Waals surface area contributed by atoms with E-state index in [-0.39, 0.29) is 0 Å². The monoisotopic (exact) mass is 354 g/mol. The lowest BCUT2D eigenvalue weighted by molar-refractivity contribution is -0.0947. The van der Waals surface area contributed by atoms with Crippen LogP contribution in [0.15, 0.2) is 0 Å². The molecule has 1 aromatic carbocycles. The van der Waals surface area contributed by atoms with Gasteiger partial charge in [-0.1, -0.05) is 0 Å². The summed E-state index contributed by atoms with van der Waals surface area (Å²) in [4.78, 5) is 0. The lowest BCUT2D eigenvalue weighted by Gasteiger charge is -2.32. The van der Waals surface area contributed by atoms with Gasteiger partial charge in [0.15, 0.2) is 23.3 Å². The quantitative estimate of drug-likeness (QED) is 0.350. The predicted octanol–water partition coefficient (Wildman–Crippen LogP) is 3.21. The highest BCUT2D eigenvalue weighted by Gasteiger charge is 2.67. The molecule has 1 rings (SSSR count). The van der Waals surface area contributed by atoms with Crippen LogP contribution < -0.4 is 5.19 Å². The van der Waals surface area contributed by atoms with Crippen LogP contribution in [0.3, 0.4) is 0 Å². The summed E-state index contributed by atoms with van der Waals surface area (Å²) in [6.45, 7) is 0.730. The van der Waals surface area contributed by atoms with Crippen molar-refractivity contribution in [3.8, 4) is 0 Å². The second kappa shape index (κ2) is 6.50. The van der Waals surface area contributed by atoms with Crippen molar-refractivity contribution in [1.82, 2.24) is 0 Å². The third-order valence-corrected chi connectivity index (χ3v) is 5.84. The predicted molar refractivity (Wildman–Crippen MR) is 60.9 cm³/mol. The van der Waals surface area contributed by atoms with Gasteiger partial charge >= 0.3 is 14.4 Å². The van der Waals surface area contributed by atoms with Crippen LogP contribution in [-0.2, 0) is 8.85 Å². The first-order chi connectivity index (χ1) is 10.0. The molecule has 0 saturated heterocycles. The Bertz CT molecular complexity index is 525. The average molecular weight is 354 g/mol. The molecular formula is C11H10F8O2Si. The summed E-state index contributed by atoms with van der Waals surface area (Å²) >= 11 is 0. The molecule has 0 unspecified atom stereocenters. The van der Waals surface area contributed by atoms with Crippen molar-refractivity contribution in [2.24, 2.45) is 0 Å². The second-order valence-electron chi connectivity index (χ2n) is 3.93. The minimum absolute atomic E-state index is 0.703. The Labute approximate surface area is 120 Å². The molecule has 2 nitrogen and oxygen atoms in total. The second-order valence-corrected chi connectivity index (χ2v) is 6.80. The van der Waals surface area contributed by atoms with Gasteiger partial charge in [0.25, 0.3) is 0 Å². The molecule has 126 valence electrons. The van der Waals surface area contributed by atoms with Crippen LogP contribution >= 0.6 is 0 Å². The van der Waals surface area contributed by atoms with E-state index in [4.69, 9.17) is 0 Å². The summed E-state index contributed by atoms with van der Waals surface area (Å²) in [6.07, 6.45) is 0. The van der Waals surface area contributed by atoms with Crippen LogP contribution in [0.4, 0.5) is 35.1 Å². The van der Waals surface area contributed by atoms with Crippen LogP contribution in [0.2, 0.25) is 0 Å². The van der Waals surface area contributed by atoms with E-state index >= 15 is 0 Å². The summed E-state index contributed by atoms with van der Waals surface area (Å²) in [7, 11) is -5.94. The van der Waals surface area contributed by atoms with Crippen LogP contribution in [0.1, 0.15) is 13.8 Å². The molecule has 0 N–H and O–H groups in total. The van der Waals surface area contributed by atoms with E-state index < -0.39 is 61.8 Å². The van der Waals surface area contributed by atoms with Gasteiger partial charge in [0, 0.05) is 13.2 Å². The lowest BCUT2D eigenvalue weighted by Crippen LogP contribution is -2.67. The van der Waals surface area contributed by atoms with Crippen molar-refractivity contribution < 1.29 is 44.0 Å². The Balaban J connectivity index is 3.85. The minimum Gasteiger partial charge on any atom is -0.386 e.